The Balaban J connectivity index is 1.66. The molecule has 4 aromatic rings. The maximum atomic E-state index is 13.3. The van der Waals surface area contributed by atoms with Crippen LogP contribution in [-0.2, 0) is 28.9 Å². The van der Waals surface area contributed by atoms with Crippen LogP contribution in [0.15, 0.2) is 94.6 Å². The van der Waals surface area contributed by atoms with Crippen LogP contribution in [0.25, 0.3) is 0 Å². The Morgan fingerprint density at radius 3 is 1.95 bits per heavy atom. The molecular formula is C41H51N4O9P. The summed E-state index contributed by atoms with van der Waals surface area (Å²) in [6.45, 7) is 9.92. The van der Waals surface area contributed by atoms with Gasteiger partial charge in [-0.15, -0.1) is 0 Å². The number of H-pyrrole nitrogens is 1. The summed E-state index contributed by atoms with van der Waals surface area (Å²) in [7, 11) is 2.98. The van der Waals surface area contributed by atoms with Crippen molar-refractivity contribution in [3.63, 3.8) is 0 Å². The molecule has 0 radical (unpaired) electrons. The fourth-order valence-corrected chi connectivity index (χ4v) is 8.67. The summed E-state index contributed by atoms with van der Waals surface area (Å²) < 4.78 is 47.9. The lowest BCUT2D eigenvalue weighted by molar-refractivity contribution is -0.0958. The topological polar surface area (TPSA) is 147 Å². The van der Waals surface area contributed by atoms with E-state index in [0.717, 1.165) is 16.7 Å². The van der Waals surface area contributed by atoms with Crippen molar-refractivity contribution < 1.29 is 32.7 Å². The van der Waals surface area contributed by atoms with E-state index in [1.165, 1.54) is 17.9 Å². The molecule has 3 aromatic carbocycles. The lowest BCUT2D eigenvalue weighted by Gasteiger charge is -2.39. The highest BCUT2D eigenvalue weighted by atomic mass is 31.2. The van der Waals surface area contributed by atoms with Gasteiger partial charge in [0.25, 0.3) is 14.1 Å². The molecule has 55 heavy (non-hydrogen) atoms. The fraction of sp³-hybridized carbons (Fsp3) is 0.439. The molecular weight excluding hydrogens is 723 g/mol. The van der Waals surface area contributed by atoms with Gasteiger partial charge in [-0.05, 0) is 75.6 Å². The first-order valence-electron chi connectivity index (χ1n) is 18.2. The van der Waals surface area contributed by atoms with E-state index in [1.54, 1.807) is 21.1 Å². The second-order valence-electron chi connectivity index (χ2n) is 13.7. The summed E-state index contributed by atoms with van der Waals surface area (Å²) in [5.41, 5.74) is 0.477. The summed E-state index contributed by atoms with van der Waals surface area (Å²) in [5.74, 6) is 1.37. The van der Waals surface area contributed by atoms with Crippen molar-refractivity contribution in [3.05, 3.63) is 128 Å². The van der Waals surface area contributed by atoms with E-state index in [2.05, 4.69) is 43.4 Å². The second kappa shape index (κ2) is 19.0. The Kier molecular flexibility index (Phi) is 14.4. The van der Waals surface area contributed by atoms with E-state index >= 15 is 0 Å². The van der Waals surface area contributed by atoms with E-state index in [1.807, 2.05) is 78.9 Å². The normalized spacial score (nSPS) is 19.2. The minimum atomic E-state index is -1.78. The van der Waals surface area contributed by atoms with Crippen molar-refractivity contribution in [2.75, 3.05) is 34.5 Å². The predicted octanol–water partition coefficient (Wildman–Crippen LogP) is 6.44. The van der Waals surface area contributed by atoms with Crippen molar-refractivity contribution >= 4 is 8.53 Å². The van der Waals surface area contributed by atoms with Gasteiger partial charge in [0.15, 0.2) is 6.23 Å². The van der Waals surface area contributed by atoms with Crippen LogP contribution < -0.4 is 20.7 Å². The molecule has 294 valence electrons. The number of hydrogen-bond acceptors (Lipinski definition) is 11. The van der Waals surface area contributed by atoms with Crippen molar-refractivity contribution in [2.45, 2.75) is 83.3 Å². The third-order valence-electron chi connectivity index (χ3n) is 9.49. The van der Waals surface area contributed by atoms with Crippen LogP contribution >= 0.6 is 8.53 Å². The number of aromatic nitrogens is 2. The molecule has 1 aliphatic rings. The molecule has 14 heteroatoms. The number of rotatable bonds is 18. The van der Waals surface area contributed by atoms with Gasteiger partial charge in [0.05, 0.1) is 39.9 Å². The highest BCUT2D eigenvalue weighted by molar-refractivity contribution is 7.44. The zero-order chi connectivity index (χ0) is 39.7. The molecule has 1 aliphatic heterocycles. The van der Waals surface area contributed by atoms with Gasteiger partial charge < -0.3 is 32.7 Å². The van der Waals surface area contributed by atoms with E-state index in [4.69, 9.17) is 32.7 Å². The lowest BCUT2D eigenvalue weighted by atomic mass is 9.80. The quantitative estimate of drug-likeness (QED) is 0.0677. The van der Waals surface area contributed by atoms with Crippen LogP contribution in [0.4, 0.5) is 0 Å². The molecule has 5 atom stereocenters. The Bertz CT molecular complexity index is 1930. The van der Waals surface area contributed by atoms with Crippen LogP contribution in [0.1, 0.15) is 62.6 Å². The van der Waals surface area contributed by atoms with Gasteiger partial charge >= 0.3 is 5.69 Å². The van der Waals surface area contributed by atoms with Gasteiger partial charge in [0, 0.05) is 31.0 Å². The summed E-state index contributed by atoms with van der Waals surface area (Å²) in [5, 5.41) is 9.35. The molecule has 0 spiro atoms. The third-order valence-corrected chi connectivity index (χ3v) is 11.6. The molecule has 5 rings (SSSR count). The minimum absolute atomic E-state index is 0.0161. The fourth-order valence-electron chi connectivity index (χ4n) is 6.90. The molecule has 0 amide bonds. The number of ether oxygens (including phenoxy) is 5. The highest BCUT2D eigenvalue weighted by Crippen LogP contribution is 2.51. The third kappa shape index (κ3) is 9.20. The monoisotopic (exact) mass is 774 g/mol. The Morgan fingerprint density at radius 1 is 0.873 bits per heavy atom. The van der Waals surface area contributed by atoms with E-state index in [-0.39, 0.29) is 31.7 Å². The Labute approximate surface area is 323 Å². The van der Waals surface area contributed by atoms with Crippen LogP contribution in [0, 0.1) is 18.3 Å². The van der Waals surface area contributed by atoms with Gasteiger partial charge in [-0.1, -0.05) is 54.6 Å². The predicted molar refractivity (Wildman–Crippen MR) is 209 cm³/mol. The van der Waals surface area contributed by atoms with Crippen molar-refractivity contribution in [1.82, 2.24) is 14.2 Å². The van der Waals surface area contributed by atoms with Gasteiger partial charge in [-0.25, -0.2) is 9.46 Å². The Hall–Kier alpha value is -4.38. The molecule has 0 saturated carbocycles. The first kappa shape index (κ1) is 41.8. The maximum Gasteiger partial charge on any atom is 0.330 e. The Morgan fingerprint density at radius 2 is 1.44 bits per heavy atom. The molecule has 0 aliphatic carbocycles. The van der Waals surface area contributed by atoms with Crippen molar-refractivity contribution in [3.8, 4) is 17.6 Å². The second-order valence-corrected chi connectivity index (χ2v) is 15.1. The molecule has 1 aromatic heterocycles. The molecule has 4 unspecified atom stereocenters. The first-order valence-corrected chi connectivity index (χ1v) is 19.4. The zero-order valence-corrected chi connectivity index (χ0v) is 33.5. The lowest BCUT2D eigenvalue weighted by Crippen LogP contribution is -2.43. The molecule has 1 N–H and O–H groups in total. The number of nitrogens with one attached hydrogen (secondary N) is 1. The summed E-state index contributed by atoms with van der Waals surface area (Å²) in [6, 6.07) is 27.5. The average Bonchev–Trinajstić information content (AvgIpc) is 3.53. The van der Waals surface area contributed by atoms with Crippen molar-refractivity contribution in [1.29, 1.82) is 5.26 Å². The SMILES string of the molecule is COc1ccc(C(OCC2OC(n3cc(C)c(=O)[nH]c3=O)C(OC)C2O[P@](OCCC#N)N(C(C)C)C(C)C)(c2ccccc2)c2ccc(OC)cc2)cc1. The number of aryl methyl sites for hydroxylation is 1. The van der Waals surface area contributed by atoms with Gasteiger partial charge in [0.2, 0.25) is 0 Å². The van der Waals surface area contributed by atoms with Crippen LogP contribution in [0.3, 0.4) is 0 Å². The molecule has 1 saturated heterocycles. The minimum Gasteiger partial charge on any atom is -0.497 e. The smallest absolute Gasteiger partial charge is 0.330 e. The largest absolute Gasteiger partial charge is 0.497 e. The molecule has 2 heterocycles. The summed E-state index contributed by atoms with van der Waals surface area (Å²) in [4.78, 5) is 28.1. The number of hydrogen-bond donors (Lipinski definition) is 1. The molecule has 1 fully saturated rings. The summed E-state index contributed by atoms with van der Waals surface area (Å²) in [6.07, 6.45) is -1.91. The summed E-state index contributed by atoms with van der Waals surface area (Å²) >= 11 is 0. The number of aromatic amines is 1. The number of benzene rings is 3. The average molecular weight is 775 g/mol. The molecule has 0 bridgehead atoms. The van der Waals surface area contributed by atoms with Crippen LogP contribution in [0.2, 0.25) is 0 Å². The van der Waals surface area contributed by atoms with E-state index < -0.39 is 49.9 Å². The first-order chi connectivity index (χ1) is 26.5. The van der Waals surface area contributed by atoms with Crippen molar-refractivity contribution in [2.24, 2.45) is 0 Å². The molecule has 13 nitrogen and oxygen atoms in total. The van der Waals surface area contributed by atoms with Gasteiger partial charge in [-0.3, -0.25) is 14.3 Å². The number of methoxy groups -OCH3 is 3. The number of nitrogens with zero attached hydrogens (tertiary/aromatic N) is 3. The van der Waals surface area contributed by atoms with E-state index in [0.29, 0.717) is 17.1 Å². The highest BCUT2D eigenvalue weighted by Gasteiger charge is 2.51. The standard InChI is InChI=1S/C41H51N4O9P/c1-27(2)45(28(3)4)55(52-24-12-23-42)54-36-35(53-39(37(36)50-8)44-25-29(5)38(46)43-40(44)47)26-51-41(30-13-10-9-11-14-30,31-15-19-33(48-6)20-16-31)32-17-21-34(49-7)22-18-32/h9-11,13-22,25,27-28,35-37,39H,12,24,26H2,1-8H3,(H,43,46,47)/t35?,36?,37?,39?,55-/m0/s1. The zero-order valence-electron chi connectivity index (χ0n) is 32.6. The van der Waals surface area contributed by atoms with Gasteiger partial charge in [0.1, 0.15) is 35.4 Å². The number of nitriles is 1. The van der Waals surface area contributed by atoms with Crippen LogP contribution in [0.5, 0.6) is 11.5 Å². The van der Waals surface area contributed by atoms with Gasteiger partial charge in [-0.2, -0.15) is 5.26 Å². The maximum absolute atomic E-state index is 13.3. The van der Waals surface area contributed by atoms with E-state index in [9.17, 15) is 14.9 Å². The van der Waals surface area contributed by atoms with Crippen LogP contribution in [-0.4, -0.2) is 79.2 Å².